The summed E-state index contributed by atoms with van der Waals surface area (Å²) in [5, 5.41) is 0.719. The smallest absolute Gasteiger partial charge is 0.178 e. The van der Waals surface area contributed by atoms with Crippen LogP contribution in [-0.4, -0.2) is 33.1 Å². The van der Waals surface area contributed by atoms with Crippen LogP contribution in [0.5, 0.6) is 0 Å². The van der Waals surface area contributed by atoms with Crippen molar-refractivity contribution in [3.8, 4) is 0 Å². The van der Waals surface area contributed by atoms with E-state index in [9.17, 15) is 0 Å². The van der Waals surface area contributed by atoms with Crippen LogP contribution >= 0.6 is 23.8 Å². The van der Waals surface area contributed by atoms with Crippen LogP contribution in [0, 0.1) is 4.77 Å². The molecule has 0 saturated heterocycles. The van der Waals surface area contributed by atoms with Crippen LogP contribution < -0.4 is 0 Å². The van der Waals surface area contributed by atoms with Crippen molar-refractivity contribution in [3.05, 3.63) is 28.0 Å². The van der Waals surface area contributed by atoms with Gasteiger partial charge in [0.2, 0.25) is 0 Å². The number of H-pyrrole nitrogens is 1. The van der Waals surface area contributed by atoms with Crippen molar-refractivity contribution in [2.24, 2.45) is 0 Å². The van der Waals surface area contributed by atoms with Crippen LogP contribution in [0.4, 0.5) is 0 Å². The Kier molecular flexibility index (Phi) is 4.89. The van der Waals surface area contributed by atoms with Crippen LogP contribution in [0.3, 0.4) is 0 Å². The predicted molar refractivity (Wildman–Crippen MR) is 89.1 cm³/mol. The average Bonchev–Trinajstić information content (AvgIpc) is 2.67. The third-order valence-corrected chi connectivity index (χ3v) is 4.31. The second-order valence-electron chi connectivity index (χ2n) is 5.64. The molecule has 2 aromatic rings. The molecular weight excluding hydrogens is 290 g/mol. The summed E-state index contributed by atoms with van der Waals surface area (Å²) in [5.41, 5.74) is 2.01. The van der Waals surface area contributed by atoms with Gasteiger partial charge in [-0.1, -0.05) is 17.7 Å². The van der Waals surface area contributed by atoms with Crippen molar-refractivity contribution < 1.29 is 0 Å². The molecule has 0 aliphatic carbocycles. The van der Waals surface area contributed by atoms with E-state index < -0.39 is 0 Å². The quantitative estimate of drug-likeness (QED) is 0.824. The highest BCUT2D eigenvalue weighted by Gasteiger charge is 2.14. The number of nitrogens with zero attached hydrogens (tertiary/aromatic N) is 2. The Morgan fingerprint density at radius 2 is 1.90 bits per heavy atom. The highest BCUT2D eigenvalue weighted by atomic mass is 35.5. The molecule has 1 heterocycles. The van der Waals surface area contributed by atoms with Gasteiger partial charge in [0.15, 0.2) is 4.77 Å². The van der Waals surface area contributed by atoms with Gasteiger partial charge in [-0.3, -0.25) is 4.90 Å². The fraction of sp³-hybridized carbons (Fsp3) is 0.533. The first kappa shape index (κ1) is 15.5. The zero-order chi connectivity index (χ0) is 14.9. The van der Waals surface area contributed by atoms with Crippen LogP contribution in [0.25, 0.3) is 11.0 Å². The van der Waals surface area contributed by atoms with Crippen LogP contribution in [0.2, 0.25) is 5.02 Å². The fourth-order valence-corrected chi connectivity index (χ4v) is 3.20. The number of fused-ring (bicyclic) bond motifs is 1. The molecule has 2 rings (SSSR count). The lowest BCUT2D eigenvalue weighted by molar-refractivity contribution is 0.168. The lowest BCUT2D eigenvalue weighted by atomic mass is 10.2. The van der Waals surface area contributed by atoms with Crippen LogP contribution in [-0.2, 0) is 6.54 Å². The topological polar surface area (TPSA) is 24.0 Å². The van der Waals surface area contributed by atoms with Gasteiger partial charge in [-0.15, -0.1) is 0 Å². The molecule has 20 heavy (non-hydrogen) atoms. The van der Waals surface area contributed by atoms with E-state index in [1.54, 1.807) is 0 Å². The fourth-order valence-electron chi connectivity index (χ4n) is 2.70. The maximum Gasteiger partial charge on any atom is 0.178 e. The Morgan fingerprint density at radius 3 is 2.50 bits per heavy atom. The number of hydrogen-bond acceptors (Lipinski definition) is 2. The minimum atomic E-state index is 0.526. The zero-order valence-electron chi connectivity index (χ0n) is 12.5. The summed E-state index contributed by atoms with van der Waals surface area (Å²) in [6.45, 7) is 10.8. The molecule has 1 aromatic carbocycles. The van der Waals surface area contributed by atoms with Crippen molar-refractivity contribution in [1.29, 1.82) is 0 Å². The molecule has 3 nitrogen and oxygen atoms in total. The number of para-hydroxylation sites is 1. The Hall–Kier alpha value is -0.840. The molecule has 1 N–H and O–H groups in total. The zero-order valence-corrected chi connectivity index (χ0v) is 14.1. The van der Waals surface area contributed by atoms with E-state index in [0.29, 0.717) is 12.1 Å². The SMILES string of the molecule is CC(C)N(CCn1c(=S)[nH]c2c(Cl)cccc21)C(C)C. The molecule has 0 spiro atoms. The summed E-state index contributed by atoms with van der Waals surface area (Å²) in [4.78, 5) is 5.67. The van der Waals surface area contributed by atoms with Crippen LogP contribution in [0.1, 0.15) is 27.7 Å². The number of imidazole rings is 1. The van der Waals surface area contributed by atoms with E-state index in [1.807, 2.05) is 12.1 Å². The van der Waals surface area contributed by atoms with Gasteiger partial charge < -0.3 is 9.55 Å². The van der Waals surface area contributed by atoms with Gasteiger partial charge in [0.25, 0.3) is 0 Å². The third-order valence-electron chi connectivity index (χ3n) is 3.67. The van der Waals surface area contributed by atoms with Gasteiger partial charge in [-0.05, 0) is 52.0 Å². The van der Waals surface area contributed by atoms with E-state index >= 15 is 0 Å². The highest BCUT2D eigenvalue weighted by Crippen LogP contribution is 2.22. The van der Waals surface area contributed by atoms with E-state index in [4.69, 9.17) is 23.8 Å². The monoisotopic (exact) mass is 311 g/mol. The lowest BCUT2D eigenvalue weighted by Crippen LogP contribution is -2.39. The Labute approximate surface area is 130 Å². The number of halogens is 1. The average molecular weight is 312 g/mol. The van der Waals surface area contributed by atoms with Gasteiger partial charge >= 0.3 is 0 Å². The summed E-state index contributed by atoms with van der Waals surface area (Å²) in [7, 11) is 0. The third kappa shape index (κ3) is 3.08. The second-order valence-corrected chi connectivity index (χ2v) is 6.43. The Morgan fingerprint density at radius 1 is 1.25 bits per heavy atom. The number of aromatic nitrogens is 2. The number of benzene rings is 1. The van der Waals surface area contributed by atoms with Gasteiger partial charge in [0.1, 0.15) is 0 Å². The Balaban J connectivity index is 2.28. The van der Waals surface area contributed by atoms with Gasteiger partial charge in [0.05, 0.1) is 16.1 Å². The van der Waals surface area contributed by atoms with Gasteiger partial charge in [-0.25, -0.2) is 0 Å². The van der Waals surface area contributed by atoms with Gasteiger partial charge in [0, 0.05) is 25.2 Å². The van der Waals surface area contributed by atoms with Crippen molar-refractivity contribution in [2.45, 2.75) is 46.3 Å². The maximum absolute atomic E-state index is 6.20. The van der Waals surface area contributed by atoms with Crippen LogP contribution in [0.15, 0.2) is 18.2 Å². The molecule has 0 amide bonds. The maximum atomic E-state index is 6.20. The molecule has 1 aromatic heterocycles. The van der Waals surface area contributed by atoms with E-state index in [1.165, 1.54) is 0 Å². The molecule has 0 aliphatic rings. The highest BCUT2D eigenvalue weighted by molar-refractivity contribution is 7.71. The summed E-state index contributed by atoms with van der Waals surface area (Å²) < 4.78 is 2.87. The summed E-state index contributed by atoms with van der Waals surface area (Å²) in [6.07, 6.45) is 0. The summed E-state index contributed by atoms with van der Waals surface area (Å²) >= 11 is 11.6. The molecule has 0 bridgehead atoms. The lowest BCUT2D eigenvalue weighted by Gasteiger charge is -2.30. The number of hydrogen-bond donors (Lipinski definition) is 1. The molecule has 0 fully saturated rings. The molecule has 0 radical (unpaired) electrons. The molecule has 0 unspecified atom stereocenters. The first-order chi connectivity index (χ1) is 9.41. The number of aromatic amines is 1. The molecular formula is C15H22ClN3S. The molecule has 0 atom stereocenters. The molecule has 0 aliphatic heterocycles. The van der Waals surface area contributed by atoms with Crippen molar-refractivity contribution >= 4 is 34.9 Å². The van der Waals surface area contributed by atoms with E-state index in [2.05, 4.69) is 48.2 Å². The first-order valence-electron chi connectivity index (χ1n) is 7.04. The largest absolute Gasteiger partial charge is 0.329 e. The standard InChI is InChI=1S/C15H22ClN3S/c1-10(2)18(11(3)4)8-9-19-13-7-5-6-12(16)14(13)17-15(19)20/h5-7,10-11H,8-9H2,1-4H3,(H,17,20). The molecule has 5 heteroatoms. The number of nitrogens with one attached hydrogen (secondary N) is 1. The predicted octanol–water partition coefficient (Wildman–Crippen LogP) is 4.47. The van der Waals surface area contributed by atoms with E-state index in [0.717, 1.165) is 33.9 Å². The van der Waals surface area contributed by atoms with E-state index in [-0.39, 0.29) is 0 Å². The normalized spacial score (nSPS) is 12.2. The van der Waals surface area contributed by atoms with Crippen molar-refractivity contribution in [1.82, 2.24) is 14.5 Å². The molecule has 0 saturated carbocycles. The summed E-state index contributed by atoms with van der Waals surface area (Å²) in [6, 6.07) is 6.96. The summed E-state index contributed by atoms with van der Waals surface area (Å²) in [5.74, 6) is 0. The number of rotatable bonds is 5. The minimum absolute atomic E-state index is 0.526. The minimum Gasteiger partial charge on any atom is -0.329 e. The Bertz CT molecular complexity index is 634. The van der Waals surface area contributed by atoms with Crippen molar-refractivity contribution in [2.75, 3.05) is 6.54 Å². The van der Waals surface area contributed by atoms with Gasteiger partial charge in [-0.2, -0.15) is 0 Å². The molecule has 110 valence electrons. The second kappa shape index (κ2) is 6.29. The first-order valence-corrected chi connectivity index (χ1v) is 7.83. The van der Waals surface area contributed by atoms with Crippen molar-refractivity contribution in [3.63, 3.8) is 0 Å².